The van der Waals surface area contributed by atoms with Crippen molar-refractivity contribution >= 4 is 17.3 Å². The number of rotatable bonds is 2. The number of imidazole rings is 1. The van der Waals surface area contributed by atoms with Crippen LogP contribution in [0.3, 0.4) is 0 Å². The van der Waals surface area contributed by atoms with Gasteiger partial charge in [0, 0.05) is 0 Å². The molecule has 0 fully saturated rings. The van der Waals surface area contributed by atoms with E-state index in [0.717, 1.165) is 0 Å². The predicted molar refractivity (Wildman–Crippen MR) is 54.5 cm³/mol. The van der Waals surface area contributed by atoms with E-state index in [2.05, 4.69) is 25.1 Å². The third-order valence-corrected chi connectivity index (χ3v) is 1.83. The number of H-pyrrole nitrogens is 1. The Bertz CT molecular complexity index is 572. The zero-order chi connectivity index (χ0) is 11.5. The molecule has 2 N–H and O–H groups in total. The molecule has 0 aromatic carbocycles. The molecule has 0 aliphatic heterocycles. The minimum Gasteiger partial charge on any atom is -0.449 e. The third kappa shape index (κ3) is 1.72. The molecule has 0 atom stereocenters. The topological polar surface area (TPSA) is 102 Å². The maximum atomic E-state index is 11.3. The largest absolute Gasteiger partial charge is 0.449 e. The normalized spacial score (nSPS) is 10.3. The number of carbonyl (C=O) groups is 1. The maximum absolute atomic E-state index is 11.3. The van der Waals surface area contributed by atoms with Gasteiger partial charge in [-0.2, -0.15) is 0 Å². The van der Waals surface area contributed by atoms with E-state index < -0.39 is 6.09 Å². The molecule has 8 heteroatoms. The molecule has 8 nitrogen and oxygen atoms in total. The average molecular weight is 223 g/mol. The molecule has 0 radical (unpaired) electrons. The number of ether oxygens (including phenoxy) is 1. The highest BCUT2D eigenvalue weighted by atomic mass is 16.6. The Kier molecular flexibility index (Phi) is 2.54. The number of carbonyl (C=O) groups excluding carboxylic acids is 1. The first-order valence-electron chi connectivity index (χ1n) is 4.57. The quantitative estimate of drug-likeness (QED) is 0.735. The van der Waals surface area contributed by atoms with E-state index in [1.54, 1.807) is 6.92 Å². The Labute approximate surface area is 89.2 Å². The van der Waals surface area contributed by atoms with E-state index in [-0.39, 0.29) is 23.3 Å². The van der Waals surface area contributed by atoms with Gasteiger partial charge in [0.2, 0.25) is 0 Å². The van der Waals surface area contributed by atoms with E-state index in [9.17, 15) is 9.59 Å². The second-order valence-electron chi connectivity index (χ2n) is 2.85. The van der Waals surface area contributed by atoms with Crippen LogP contribution in [0.4, 0.5) is 4.79 Å². The Morgan fingerprint density at radius 3 is 3.19 bits per heavy atom. The van der Waals surface area contributed by atoms with E-state index in [4.69, 9.17) is 0 Å². The van der Waals surface area contributed by atoms with Crippen molar-refractivity contribution in [1.29, 1.82) is 0 Å². The van der Waals surface area contributed by atoms with E-state index in [0.29, 0.717) is 0 Å². The van der Waals surface area contributed by atoms with Crippen LogP contribution < -0.4 is 11.0 Å². The highest BCUT2D eigenvalue weighted by Gasteiger charge is 2.09. The standard InChI is InChI=1S/C8H9N5O3/c1-2-16-8(15)12-13-4-11-5-6(13)9-3-10-7(5)14/h3-4H,2H2,1H3,(H,12,15)(H,9,10,14). The Morgan fingerprint density at radius 1 is 1.62 bits per heavy atom. The van der Waals surface area contributed by atoms with Gasteiger partial charge in [0.15, 0.2) is 11.2 Å². The zero-order valence-corrected chi connectivity index (χ0v) is 8.43. The summed E-state index contributed by atoms with van der Waals surface area (Å²) in [5.41, 5.74) is 2.42. The molecular weight excluding hydrogens is 214 g/mol. The number of aromatic amines is 1. The molecule has 16 heavy (non-hydrogen) atoms. The lowest BCUT2D eigenvalue weighted by molar-refractivity contribution is 0.164. The van der Waals surface area contributed by atoms with Crippen LogP contribution in [-0.4, -0.2) is 32.3 Å². The van der Waals surface area contributed by atoms with Crippen LogP contribution in [-0.2, 0) is 4.74 Å². The molecule has 2 aromatic heterocycles. The van der Waals surface area contributed by atoms with Crippen molar-refractivity contribution in [2.75, 3.05) is 12.0 Å². The molecule has 0 aliphatic carbocycles. The van der Waals surface area contributed by atoms with Crippen LogP contribution in [0.15, 0.2) is 17.4 Å². The summed E-state index contributed by atoms with van der Waals surface area (Å²) in [4.78, 5) is 32.5. The molecule has 0 saturated heterocycles. The van der Waals surface area contributed by atoms with Crippen LogP contribution >= 0.6 is 0 Å². The lowest BCUT2D eigenvalue weighted by Crippen LogP contribution is -2.23. The lowest BCUT2D eigenvalue weighted by atomic mass is 10.5. The zero-order valence-electron chi connectivity index (χ0n) is 8.43. The van der Waals surface area contributed by atoms with Gasteiger partial charge >= 0.3 is 6.09 Å². The van der Waals surface area contributed by atoms with Gasteiger partial charge in [0.25, 0.3) is 5.56 Å². The van der Waals surface area contributed by atoms with Crippen LogP contribution in [0.2, 0.25) is 0 Å². The number of fused-ring (bicyclic) bond motifs is 1. The first-order valence-corrected chi connectivity index (χ1v) is 4.57. The fourth-order valence-corrected chi connectivity index (χ4v) is 1.19. The number of hydrogen-bond donors (Lipinski definition) is 2. The lowest BCUT2D eigenvalue weighted by Gasteiger charge is -2.05. The first kappa shape index (κ1) is 10.1. The number of nitrogens with zero attached hydrogens (tertiary/aromatic N) is 3. The average Bonchev–Trinajstić information content (AvgIpc) is 2.64. The summed E-state index contributed by atoms with van der Waals surface area (Å²) in [6.45, 7) is 1.95. The molecule has 0 unspecified atom stereocenters. The van der Waals surface area contributed by atoms with Crippen LogP contribution in [0, 0.1) is 0 Å². The second-order valence-corrected chi connectivity index (χ2v) is 2.85. The monoisotopic (exact) mass is 223 g/mol. The second kappa shape index (κ2) is 4.01. The van der Waals surface area contributed by atoms with Gasteiger partial charge < -0.3 is 9.72 Å². The SMILES string of the molecule is CCOC(=O)Nn1cnc2c(=O)[nH]cnc21. The Morgan fingerprint density at radius 2 is 2.44 bits per heavy atom. The summed E-state index contributed by atoms with van der Waals surface area (Å²) >= 11 is 0. The van der Waals surface area contributed by atoms with E-state index in [1.807, 2.05) is 0 Å². The molecular formula is C8H9N5O3. The Hall–Kier alpha value is -2.38. The summed E-state index contributed by atoms with van der Waals surface area (Å²) in [5, 5.41) is 0. The highest BCUT2D eigenvalue weighted by molar-refractivity contribution is 5.79. The van der Waals surface area contributed by atoms with Crippen molar-refractivity contribution in [3.05, 3.63) is 23.0 Å². The first-order chi connectivity index (χ1) is 7.72. The van der Waals surface area contributed by atoms with E-state index >= 15 is 0 Å². The fraction of sp³-hybridized carbons (Fsp3) is 0.250. The minimum absolute atomic E-state index is 0.152. The molecule has 84 valence electrons. The summed E-state index contributed by atoms with van der Waals surface area (Å²) in [6, 6.07) is 0. The van der Waals surface area contributed by atoms with Gasteiger partial charge in [-0.05, 0) is 6.92 Å². The molecule has 2 rings (SSSR count). The van der Waals surface area contributed by atoms with Gasteiger partial charge in [0.05, 0.1) is 12.9 Å². The minimum atomic E-state index is -0.635. The smallest absolute Gasteiger partial charge is 0.426 e. The number of hydrogen-bond acceptors (Lipinski definition) is 5. The number of aromatic nitrogens is 4. The van der Waals surface area contributed by atoms with Crippen molar-refractivity contribution in [3.63, 3.8) is 0 Å². The predicted octanol–water partition coefficient (Wildman–Crippen LogP) is -0.180. The van der Waals surface area contributed by atoms with Crippen molar-refractivity contribution in [3.8, 4) is 0 Å². The molecule has 0 aliphatic rings. The van der Waals surface area contributed by atoms with Gasteiger partial charge in [-0.15, -0.1) is 0 Å². The van der Waals surface area contributed by atoms with E-state index in [1.165, 1.54) is 17.3 Å². The summed E-state index contributed by atoms with van der Waals surface area (Å²) in [5.74, 6) is 0. The molecule has 0 bridgehead atoms. The van der Waals surface area contributed by atoms with Gasteiger partial charge in [-0.25, -0.2) is 24.9 Å². The summed E-state index contributed by atoms with van der Waals surface area (Å²) in [7, 11) is 0. The van der Waals surface area contributed by atoms with Crippen LogP contribution in [0.5, 0.6) is 0 Å². The van der Waals surface area contributed by atoms with Gasteiger partial charge in [0.1, 0.15) is 6.33 Å². The molecule has 0 saturated carbocycles. The van der Waals surface area contributed by atoms with Crippen LogP contribution in [0.1, 0.15) is 6.92 Å². The molecule has 0 spiro atoms. The third-order valence-electron chi connectivity index (χ3n) is 1.83. The highest BCUT2D eigenvalue weighted by Crippen LogP contribution is 2.01. The van der Waals surface area contributed by atoms with Gasteiger partial charge in [-0.1, -0.05) is 0 Å². The summed E-state index contributed by atoms with van der Waals surface area (Å²) in [6.07, 6.45) is 1.88. The number of nitrogens with one attached hydrogen (secondary N) is 2. The number of amides is 1. The van der Waals surface area contributed by atoms with Crippen molar-refractivity contribution in [2.24, 2.45) is 0 Å². The summed E-state index contributed by atoms with van der Waals surface area (Å²) < 4.78 is 5.91. The van der Waals surface area contributed by atoms with Crippen LogP contribution in [0.25, 0.3) is 11.2 Å². The van der Waals surface area contributed by atoms with Crippen molar-refractivity contribution in [2.45, 2.75) is 6.92 Å². The van der Waals surface area contributed by atoms with Crippen molar-refractivity contribution in [1.82, 2.24) is 19.6 Å². The molecule has 1 amide bonds. The van der Waals surface area contributed by atoms with Gasteiger partial charge in [-0.3, -0.25) is 4.79 Å². The fourth-order valence-electron chi connectivity index (χ4n) is 1.19. The molecule has 2 aromatic rings. The Balaban J connectivity index is 2.36. The maximum Gasteiger partial charge on any atom is 0.426 e. The molecule has 2 heterocycles. The van der Waals surface area contributed by atoms with Crippen molar-refractivity contribution < 1.29 is 9.53 Å².